The highest BCUT2D eigenvalue weighted by atomic mass is 32.1. The van der Waals surface area contributed by atoms with Gasteiger partial charge in [-0.2, -0.15) is 0 Å². The predicted octanol–water partition coefficient (Wildman–Crippen LogP) is 2.22. The topological polar surface area (TPSA) is 99.2 Å². The molecule has 0 unspecified atom stereocenters. The Bertz CT molecular complexity index is 1450. The van der Waals surface area contributed by atoms with Crippen LogP contribution in [0.25, 0.3) is 21.1 Å². The van der Waals surface area contributed by atoms with Crippen LogP contribution in [-0.2, 0) is 13.1 Å². The lowest BCUT2D eigenvalue weighted by atomic mass is 10.1. The van der Waals surface area contributed by atoms with Crippen LogP contribution < -0.4 is 21.5 Å². The van der Waals surface area contributed by atoms with Gasteiger partial charge in [0.05, 0.1) is 11.2 Å². The van der Waals surface area contributed by atoms with Crippen molar-refractivity contribution in [2.45, 2.75) is 20.0 Å². The van der Waals surface area contributed by atoms with E-state index in [4.69, 9.17) is 0 Å². The van der Waals surface area contributed by atoms with Crippen molar-refractivity contribution in [1.82, 2.24) is 24.4 Å². The zero-order valence-electron chi connectivity index (χ0n) is 18.4. The number of aromatic nitrogens is 4. The molecule has 1 aliphatic heterocycles. The van der Waals surface area contributed by atoms with Crippen molar-refractivity contribution in [3.63, 3.8) is 0 Å². The van der Waals surface area contributed by atoms with Gasteiger partial charge in [-0.3, -0.25) is 14.3 Å². The van der Waals surface area contributed by atoms with Crippen molar-refractivity contribution in [3.8, 4) is 0 Å². The quantitative estimate of drug-likeness (QED) is 0.462. The van der Waals surface area contributed by atoms with E-state index in [9.17, 15) is 9.59 Å². The number of halogens is 1. The first-order chi connectivity index (χ1) is 16.0. The van der Waals surface area contributed by atoms with Crippen molar-refractivity contribution in [3.05, 3.63) is 56.1 Å². The SMILES string of the molecule is CCn1c(=O)[nH]c2cc(CN3CCN(c4ccc5c(NC)ncnc5c4F)CC3)sc2c1=O. The summed E-state index contributed by atoms with van der Waals surface area (Å²) in [7, 11) is 1.75. The second kappa shape index (κ2) is 8.56. The van der Waals surface area contributed by atoms with E-state index in [1.807, 2.05) is 17.0 Å². The fourth-order valence-corrected chi connectivity index (χ4v) is 5.46. The molecular formula is C22H24FN7O2S. The molecule has 0 spiro atoms. The van der Waals surface area contributed by atoms with Crippen molar-refractivity contribution < 1.29 is 4.39 Å². The zero-order chi connectivity index (χ0) is 23.1. The Kier molecular flexibility index (Phi) is 5.59. The van der Waals surface area contributed by atoms with Gasteiger partial charge in [0, 0.05) is 56.6 Å². The first-order valence-corrected chi connectivity index (χ1v) is 11.7. The van der Waals surface area contributed by atoms with Crippen LogP contribution in [0.15, 0.2) is 34.1 Å². The van der Waals surface area contributed by atoms with E-state index in [0.29, 0.717) is 58.8 Å². The molecule has 0 aliphatic carbocycles. The number of aromatic amines is 1. The first-order valence-electron chi connectivity index (χ1n) is 10.8. The Labute approximate surface area is 192 Å². The number of H-pyrrole nitrogens is 1. The lowest BCUT2D eigenvalue weighted by molar-refractivity contribution is 0.251. The number of anilines is 2. The van der Waals surface area contributed by atoms with E-state index < -0.39 is 0 Å². The molecule has 4 aromatic rings. The average Bonchev–Trinajstić information content (AvgIpc) is 3.22. The third-order valence-electron chi connectivity index (χ3n) is 6.08. The van der Waals surface area contributed by atoms with Crippen molar-refractivity contribution >= 4 is 44.0 Å². The smallest absolute Gasteiger partial charge is 0.328 e. The third kappa shape index (κ3) is 3.76. The number of hydrogen-bond donors (Lipinski definition) is 2. The van der Waals surface area contributed by atoms with Gasteiger partial charge in [-0.1, -0.05) is 0 Å². The Morgan fingerprint density at radius 1 is 1.18 bits per heavy atom. The maximum atomic E-state index is 15.2. The van der Waals surface area contributed by atoms with Gasteiger partial charge in [0.15, 0.2) is 5.82 Å². The summed E-state index contributed by atoms with van der Waals surface area (Å²) in [6, 6.07) is 5.53. The van der Waals surface area contributed by atoms with Crippen molar-refractivity contribution in [2.75, 3.05) is 43.4 Å². The van der Waals surface area contributed by atoms with Crippen LogP contribution >= 0.6 is 11.3 Å². The lowest BCUT2D eigenvalue weighted by Crippen LogP contribution is -2.46. The fourth-order valence-electron chi connectivity index (χ4n) is 4.35. The summed E-state index contributed by atoms with van der Waals surface area (Å²) in [6.07, 6.45) is 1.37. The minimum Gasteiger partial charge on any atom is -0.373 e. The molecular weight excluding hydrogens is 445 g/mol. The molecule has 172 valence electrons. The van der Waals surface area contributed by atoms with E-state index in [1.165, 1.54) is 22.2 Å². The van der Waals surface area contributed by atoms with Gasteiger partial charge in [0.2, 0.25) is 0 Å². The van der Waals surface area contributed by atoms with E-state index in [0.717, 1.165) is 18.0 Å². The van der Waals surface area contributed by atoms with Crippen LogP contribution in [0.5, 0.6) is 0 Å². The van der Waals surface area contributed by atoms with E-state index in [2.05, 4.69) is 25.2 Å². The van der Waals surface area contributed by atoms with Gasteiger partial charge in [0.1, 0.15) is 22.4 Å². The molecule has 33 heavy (non-hydrogen) atoms. The number of piperazine rings is 1. The lowest BCUT2D eigenvalue weighted by Gasteiger charge is -2.36. The van der Waals surface area contributed by atoms with E-state index in [1.54, 1.807) is 20.0 Å². The molecule has 3 aromatic heterocycles. The molecule has 2 N–H and O–H groups in total. The maximum Gasteiger partial charge on any atom is 0.328 e. The molecule has 11 heteroatoms. The molecule has 0 saturated carbocycles. The van der Waals surface area contributed by atoms with Gasteiger partial charge >= 0.3 is 5.69 Å². The van der Waals surface area contributed by atoms with Gasteiger partial charge in [-0.15, -0.1) is 11.3 Å². The molecule has 1 saturated heterocycles. The van der Waals surface area contributed by atoms with E-state index >= 15 is 4.39 Å². The number of benzene rings is 1. The molecule has 0 amide bonds. The third-order valence-corrected chi connectivity index (χ3v) is 7.19. The Morgan fingerprint density at radius 3 is 2.70 bits per heavy atom. The summed E-state index contributed by atoms with van der Waals surface area (Å²) in [5, 5.41) is 3.63. The molecule has 0 radical (unpaired) electrons. The van der Waals surface area contributed by atoms with Gasteiger partial charge in [-0.05, 0) is 25.1 Å². The van der Waals surface area contributed by atoms with Crippen LogP contribution in [-0.4, -0.2) is 57.6 Å². The Hall–Kier alpha value is -3.31. The number of nitrogens with zero attached hydrogens (tertiary/aromatic N) is 5. The molecule has 1 fully saturated rings. The summed E-state index contributed by atoms with van der Waals surface area (Å²) in [5.41, 5.74) is 0.829. The second-order valence-corrected chi connectivity index (χ2v) is 9.10. The highest BCUT2D eigenvalue weighted by molar-refractivity contribution is 7.18. The molecule has 1 aromatic carbocycles. The molecule has 0 bridgehead atoms. The zero-order valence-corrected chi connectivity index (χ0v) is 19.2. The molecule has 9 nitrogen and oxygen atoms in total. The first kappa shape index (κ1) is 21.5. The molecule has 4 heterocycles. The largest absolute Gasteiger partial charge is 0.373 e. The van der Waals surface area contributed by atoms with Crippen molar-refractivity contribution in [1.29, 1.82) is 0 Å². The summed E-state index contributed by atoms with van der Waals surface area (Å²) in [5.74, 6) is 0.270. The van der Waals surface area contributed by atoms with Crippen LogP contribution in [0.2, 0.25) is 0 Å². The number of rotatable bonds is 5. The minimum absolute atomic E-state index is 0.241. The molecule has 0 atom stereocenters. The van der Waals surface area contributed by atoms with Crippen LogP contribution in [0.3, 0.4) is 0 Å². The van der Waals surface area contributed by atoms with Gasteiger partial charge < -0.3 is 15.2 Å². The van der Waals surface area contributed by atoms with Crippen molar-refractivity contribution in [2.24, 2.45) is 0 Å². The van der Waals surface area contributed by atoms with Crippen LogP contribution in [0.4, 0.5) is 15.9 Å². The van der Waals surface area contributed by atoms with Crippen LogP contribution in [0, 0.1) is 5.82 Å². The Balaban J connectivity index is 1.32. The standard InChI is InChI=1S/C22H24FN7O2S/c1-3-30-21(31)19-15(27-22(30)32)10-13(33-19)11-28-6-8-29(9-7-28)16-5-4-14-18(17(16)23)25-12-26-20(14)24-2/h4-5,10,12H,3,6-9,11H2,1-2H3,(H,27,32)(H,24,25,26). The number of thiophene rings is 1. The summed E-state index contributed by atoms with van der Waals surface area (Å²) in [4.78, 5) is 41.0. The van der Waals surface area contributed by atoms with E-state index in [-0.39, 0.29) is 17.1 Å². The highest BCUT2D eigenvalue weighted by Crippen LogP contribution is 2.30. The normalized spacial score (nSPS) is 14.9. The average molecular weight is 470 g/mol. The monoisotopic (exact) mass is 469 g/mol. The van der Waals surface area contributed by atoms with Crippen LogP contribution in [0.1, 0.15) is 11.8 Å². The number of nitrogens with one attached hydrogen (secondary N) is 2. The minimum atomic E-state index is -0.377. The second-order valence-electron chi connectivity index (χ2n) is 7.97. The summed E-state index contributed by atoms with van der Waals surface area (Å²) in [6.45, 7) is 5.67. The maximum absolute atomic E-state index is 15.2. The highest BCUT2D eigenvalue weighted by Gasteiger charge is 2.22. The number of hydrogen-bond acceptors (Lipinski definition) is 8. The Morgan fingerprint density at radius 2 is 1.97 bits per heavy atom. The predicted molar refractivity (Wildman–Crippen MR) is 129 cm³/mol. The van der Waals surface area contributed by atoms with Gasteiger partial charge in [0.25, 0.3) is 5.56 Å². The number of fused-ring (bicyclic) bond motifs is 2. The van der Waals surface area contributed by atoms with Gasteiger partial charge in [-0.25, -0.2) is 19.2 Å². The summed E-state index contributed by atoms with van der Waals surface area (Å²) >= 11 is 1.42. The summed E-state index contributed by atoms with van der Waals surface area (Å²) < 4.78 is 17.0. The fraction of sp³-hybridized carbons (Fsp3) is 0.364. The molecule has 5 rings (SSSR count). The molecule has 1 aliphatic rings.